The molecule has 2 aliphatic rings. The average molecular weight is 281 g/mol. The molecule has 0 radical (unpaired) electrons. The van der Waals surface area contributed by atoms with Gasteiger partial charge in [-0.15, -0.1) is 0 Å². The minimum absolute atomic E-state index is 0.0775. The number of nitrogens with one attached hydrogen (secondary N) is 1. The molecule has 0 atom stereocenters. The molecule has 2 amide bonds. The normalized spacial score (nSPS) is 21.0. The molecule has 0 aromatic heterocycles. The lowest BCUT2D eigenvalue weighted by molar-refractivity contribution is -0.138. The number of amides is 2. The fourth-order valence-electron chi connectivity index (χ4n) is 3.48. The molecule has 5 heteroatoms. The predicted molar refractivity (Wildman–Crippen MR) is 78.0 cm³/mol. The topological polar surface area (TPSA) is 75.4 Å². The van der Waals surface area contributed by atoms with Crippen molar-refractivity contribution in [2.45, 2.75) is 57.4 Å². The molecular formula is C15H27N3O2. The zero-order chi connectivity index (χ0) is 14.4. The van der Waals surface area contributed by atoms with Crippen molar-refractivity contribution in [1.29, 1.82) is 0 Å². The van der Waals surface area contributed by atoms with Gasteiger partial charge in [0.2, 0.25) is 11.8 Å². The molecule has 114 valence electrons. The lowest BCUT2D eigenvalue weighted by Crippen LogP contribution is -2.49. The van der Waals surface area contributed by atoms with Gasteiger partial charge in [-0.25, -0.2) is 0 Å². The van der Waals surface area contributed by atoms with E-state index < -0.39 is 5.91 Å². The summed E-state index contributed by atoms with van der Waals surface area (Å²) >= 11 is 0. The monoisotopic (exact) mass is 281 g/mol. The molecule has 0 aromatic rings. The molecule has 0 spiro atoms. The van der Waals surface area contributed by atoms with Gasteiger partial charge in [-0.2, -0.15) is 0 Å². The van der Waals surface area contributed by atoms with Crippen LogP contribution in [0.4, 0.5) is 0 Å². The average Bonchev–Trinajstić information content (AvgIpc) is 2.96. The van der Waals surface area contributed by atoms with E-state index in [2.05, 4.69) is 5.32 Å². The summed E-state index contributed by atoms with van der Waals surface area (Å²) in [6, 6.07) is 0.180. The molecule has 0 aromatic carbocycles. The Morgan fingerprint density at radius 2 is 1.75 bits per heavy atom. The molecule has 2 fully saturated rings. The molecule has 1 saturated carbocycles. The fraction of sp³-hybridized carbons (Fsp3) is 0.867. The molecule has 1 aliphatic carbocycles. The summed E-state index contributed by atoms with van der Waals surface area (Å²) in [7, 11) is 0. The van der Waals surface area contributed by atoms with Gasteiger partial charge < -0.3 is 16.0 Å². The number of rotatable bonds is 6. The summed E-state index contributed by atoms with van der Waals surface area (Å²) in [5, 5.41) is 3.28. The molecule has 0 unspecified atom stereocenters. The highest BCUT2D eigenvalue weighted by atomic mass is 16.2. The molecular weight excluding hydrogens is 254 g/mol. The smallest absolute Gasteiger partial charge is 0.237 e. The SMILES string of the molecule is NC(=O)CN(C(=O)CCC1CCCC1)C1CCNCC1. The van der Waals surface area contributed by atoms with Crippen LogP contribution in [-0.2, 0) is 9.59 Å². The number of primary amides is 1. The van der Waals surface area contributed by atoms with Gasteiger partial charge in [0, 0.05) is 12.5 Å². The number of carbonyl (C=O) groups excluding carboxylic acids is 2. The van der Waals surface area contributed by atoms with E-state index in [1.807, 2.05) is 0 Å². The van der Waals surface area contributed by atoms with Crippen molar-refractivity contribution in [3.05, 3.63) is 0 Å². The van der Waals surface area contributed by atoms with E-state index in [1.165, 1.54) is 25.7 Å². The summed E-state index contributed by atoms with van der Waals surface area (Å²) in [6.45, 7) is 1.90. The first-order valence-corrected chi connectivity index (χ1v) is 7.95. The molecule has 0 bridgehead atoms. The van der Waals surface area contributed by atoms with E-state index in [9.17, 15) is 9.59 Å². The summed E-state index contributed by atoms with van der Waals surface area (Å²) in [5.74, 6) is 0.419. The molecule has 1 aliphatic heterocycles. The van der Waals surface area contributed by atoms with Gasteiger partial charge in [0.05, 0.1) is 6.54 Å². The summed E-state index contributed by atoms with van der Waals surface area (Å²) in [4.78, 5) is 25.4. The third-order valence-corrected chi connectivity index (χ3v) is 4.64. The van der Waals surface area contributed by atoms with Crippen molar-refractivity contribution >= 4 is 11.8 Å². The van der Waals surface area contributed by atoms with Crippen molar-refractivity contribution in [3.8, 4) is 0 Å². The Labute approximate surface area is 121 Å². The fourth-order valence-corrected chi connectivity index (χ4v) is 3.48. The van der Waals surface area contributed by atoms with Crippen LogP contribution >= 0.6 is 0 Å². The minimum Gasteiger partial charge on any atom is -0.368 e. The van der Waals surface area contributed by atoms with Gasteiger partial charge in [-0.1, -0.05) is 25.7 Å². The van der Waals surface area contributed by atoms with Crippen molar-refractivity contribution in [2.24, 2.45) is 11.7 Å². The number of nitrogens with two attached hydrogens (primary N) is 1. The first-order chi connectivity index (χ1) is 9.66. The van der Waals surface area contributed by atoms with Crippen LogP contribution in [0.1, 0.15) is 51.4 Å². The number of carbonyl (C=O) groups is 2. The van der Waals surface area contributed by atoms with Crippen molar-refractivity contribution in [2.75, 3.05) is 19.6 Å². The predicted octanol–water partition coefficient (Wildman–Crippen LogP) is 1.02. The standard InChI is InChI=1S/C15H27N3O2/c16-14(19)11-18(13-7-9-17-10-8-13)15(20)6-5-12-3-1-2-4-12/h12-13,17H,1-11H2,(H2,16,19). The lowest BCUT2D eigenvalue weighted by atomic mass is 9.99. The maximum atomic E-state index is 12.4. The quantitative estimate of drug-likeness (QED) is 0.763. The van der Waals surface area contributed by atoms with Crippen LogP contribution < -0.4 is 11.1 Å². The second kappa shape index (κ2) is 7.62. The first-order valence-electron chi connectivity index (χ1n) is 7.95. The number of hydrogen-bond donors (Lipinski definition) is 2. The Hall–Kier alpha value is -1.10. The number of piperidine rings is 1. The third-order valence-electron chi connectivity index (χ3n) is 4.64. The van der Waals surface area contributed by atoms with Crippen LogP contribution in [0.2, 0.25) is 0 Å². The maximum absolute atomic E-state index is 12.4. The molecule has 2 rings (SSSR count). The summed E-state index contributed by atoms with van der Waals surface area (Å²) in [5.41, 5.74) is 5.31. The zero-order valence-electron chi connectivity index (χ0n) is 12.3. The van der Waals surface area contributed by atoms with Gasteiger partial charge in [-0.05, 0) is 38.3 Å². The molecule has 1 heterocycles. The highest BCUT2D eigenvalue weighted by Crippen LogP contribution is 2.29. The Bertz CT molecular complexity index is 334. The van der Waals surface area contributed by atoms with Crippen LogP contribution in [0.5, 0.6) is 0 Å². The van der Waals surface area contributed by atoms with Crippen molar-refractivity contribution in [1.82, 2.24) is 10.2 Å². The van der Waals surface area contributed by atoms with Gasteiger partial charge >= 0.3 is 0 Å². The second-order valence-corrected chi connectivity index (χ2v) is 6.16. The van der Waals surface area contributed by atoms with Crippen LogP contribution in [-0.4, -0.2) is 42.4 Å². The maximum Gasteiger partial charge on any atom is 0.237 e. The Kier molecular flexibility index (Phi) is 5.83. The molecule has 3 N–H and O–H groups in total. The minimum atomic E-state index is -0.405. The second-order valence-electron chi connectivity index (χ2n) is 6.16. The first kappa shape index (κ1) is 15.3. The lowest BCUT2D eigenvalue weighted by Gasteiger charge is -2.34. The largest absolute Gasteiger partial charge is 0.368 e. The van der Waals surface area contributed by atoms with E-state index in [-0.39, 0.29) is 18.5 Å². The summed E-state index contributed by atoms with van der Waals surface area (Å²) in [6.07, 6.45) is 8.51. The third kappa shape index (κ3) is 4.47. The van der Waals surface area contributed by atoms with E-state index >= 15 is 0 Å². The van der Waals surface area contributed by atoms with E-state index in [4.69, 9.17) is 5.73 Å². The van der Waals surface area contributed by atoms with Gasteiger partial charge in [-0.3, -0.25) is 9.59 Å². The van der Waals surface area contributed by atoms with Crippen molar-refractivity contribution in [3.63, 3.8) is 0 Å². The highest BCUT2D eigenvalue weighted by molar-refractivity contribution is 5.84. The van der Waals surface area contributed by atoms with Crippen LogP contribution in [0.25, 0.3) is 0 Å². The van der Waals surface area contributed by atoms with Crippen LogP contribution in [0.3, 0.4) is 0 Å². The van der Waals surface area contributed by atoms with Gasteiger partial charge in [0.15, 0.2) is 0 Å². The van der Waals surface area contributed by atoms with Crippen LogP contribution in [0, 0.1) is 5.92 Å². The van der Waals surface area contributed by atoms with Crippen LogP contribution in [0.15, 0.2) is 0 Å². The van der Waals surface area contributed by atoms with E-state index in [1.54, 1.807) is 4.90 Å². The molecule has 20 heavy (non-hydrogen) atoms. The van der Waals surface area contributed by atoms with E-state index in [0.29, 0.717) is 12.3 Å². The Morgan fingerprint density at radius 3 is 2.35 bits per heavy atom. The zero-order valence-corrected chi connectivity index (χ0v) is 12.3. The Balaban J connectivity index is 1.86. The van der Waals surface area contributed by atoms with Gasteiger partial charge in [0.1, 0.15) is 0 Å². The number of nitrogens with zero attached hydrogens (tertiary/aromatic N) is 1. The molecule has 1 saturated heterocycles. The highest BCUT2D eigenvalue weighted by Gasteiger charge is 2.27. The van der Waals surface area contributed by atoms with Gasteiger partial charge in [0.25, 0.3) is 0 Å². The Morgan fingerprint density at radius 1 is 1.10 bits per heavy atom. The van der Waals surface area contributed by atoms with Crippen molar-refractivity contribution < 1.29 is 9.59 Å². The summed E-state index contributed by atoms with van der Waals surface area (Å²) < 4.78 is 0. The molecule has 5 nitrogen and oxygen atoms in total. The van der Waals surface area contributed by atoms with E-state index in [0.717, 1.165) is 32.4 Å². The number of hydrogen-bond acceptors (Lipinski definition) is 3.